The van der Waals surface area contributed by atoms with Gasteiger partial charge in [0.2, 0.25) is 17.7 Å². The number of nitrogens with one attached hydrogen (secondary N) is 4. The number of benzene rings is 1. The quantitative estimate of drug-likeness (QED) is 0.0627. The minimum Gasteiger partial charge on any atom is -0.481 e. The number of aromatic amines is 1. The molecule has 1 aromatic carbocycles. The van der Waals surface area contributed by atoms with Crippen LogP contribution in [0.25, 0.3) is 10.9 Å². The zero-order chi connectivity index (χ0) is 31.4. The van der Waals surface area contributed by atoms with Crippen molar-refractivity contribution in [2.45, 2.75) is 70.1 Å². The third-order valence-electron chi connectivity index (χ3n) is 6.55. The van der Waals surface area contributed by atoms with Crippen molar-refractivity contribution in [3.05, 3.63) is 36.0 Å². The Labute approximate surface area is 242 Å². The topological polar surface area (TPSA) is 268 Å². The molecular weight excluding hydrogens is 548 g/mol. The summed E-state index contributed by atoms with van der Waals surface area (Å²) in [6, 6.07) is 2.46. The van der Waals surface area contributed by atoms with Crippen LogP contribution in [0.5, 0.6) is 0 Å². The number of aliphatic carboxylic acids is 2. The van der Waals surface area contributed by atoms with Crippen molar-refractivity contribution >= 4 is 46.5 Å². The zero-order valence-electron chi connectivity index (χ0n) is 23.6. The lowest BCUT2D eigenvalue weighted by Gasteiger charge is -2.26. The summed E-state index contributed by atoms with van der Waals surface area (Å²) in [4.78, 5) is 69.4. The van der Waals surface area contributed by atoms with Crippen molar-refractivity contribution in [1.82, 2.24) is 20.9 Å². The molecule has 15 nitrogen and oxygen atoms in total. The summed E-state index contributed by atoms with van der Waals surface area (Å²) >= 11 is 0. The molecule has 0 fully saturated rings. The van der Waals surface area contributed by atoms with Crippen LogP contribution in [0.4, 0.5) is 0 Å². The van der Waals surface area contributed by atoms with Crippen LogP contribution in [-0.4, -0.2) is 81.5 Å². The molecule has 0 radical (unpaired) electrons. The van der Waals surface area contributed by atoms with Gasteiger partial charge in [-0.1, -0.05) is 32.0 Å². The lowest BCUT2D eigenvalue weighted by Crippen LogP contribution is -2.58. The van der Waals surface area contributed by atoms with E-state index in [4.69, 9.17) is 17.2 Å². The van der Waals surface area contributed by atoms with Crippen LogP contribution in [0.2, 0.25) is 0 Å². The van der Waals surface area contributed by atoms with Gasteiger partial charge in [-0.2, -0.15) is 0 Å². The Morgan fingerprint density at radius 2 is 1.57 bits per heavy atom. The number of amides is 3. The molecule has 3 amide bonds. The van der Waals surface area contributed by atoms with Gasteiger partial charge in [0, 0.05) is 36.5 Å². The number of fused-ring (bicyclic) bond motifs is 1. The number of aliphatic imine (C=N–C) groups is 1. The van der Waals surface area contributed by atoms with Gasteiger partial charge < -0.3 is 48.3 Å². The van der Waals surface area contributed by atoms with Gasteiger partial charge in [-0.15, -0.1) is 0 Å². The fourth-order valence-corrected chi connectivity index (χ4v) is 4.24. The second kappa shape index (κ2) is 16.0. The van der Waals surface area contributed by atoms with Gasteiger partial charge in [0.25, 0.3) is 0 Å². The number of carbonyl (C=O) groups excluding carboxylic acids is 3. The van der Waals surface area contributed by atoms with E-state index in [-0.39, 0.29) is 31.8 Å². The normalized spacial score (nSPS) is 13.9. The second-order valence-corrected chi connectivity index (χ2v) is 10.2. The van der Waals surface area contributed by atoms with E-state index < -0.39 is 66.2 Å². The standard InChI is InChI=1S/C27H40N8O7/c1-14(2)22(26(41)42)35-25(40)20(12-15-13-32-18-8-4-3-6-16(15)18)34-24(39)19(9-10-21(36)37)33-23(38)17(28)7-5-11-31-27(29)30/h3-4,6,8,13-14,17,19-20,22,32H,5,7,9-12,28H2,1-2H3,(H,33,38)(H,34,39)(H,35,40)(H,36,37)(H,41,42)(H4,29,30,31). The minimum absolute atomic E-state index is 0.0179. The summed E-state index contributed by atoms with van der Waals surface area (Å²) < 4.78 is 0. The maximum Gasteiger partial charge on any atom is 0.326 e. The number of para-hydroxylation sites is 1. The highest BCUT2D eigenvalue weighted by Crippen LogP contribution is 2.19. The minimum atomic E-state index is -1.34. The van der Waals surface area contributed by atoms with E-state index in [1.165, 1.54) is 0 Å². The predicted octanol–water partition coefficient (Wildman–Crippen LogP) is -0.849. The second-order valence-electron chi connectivity index (χ2n) is 10.2. The molecule has 12 N–H and O–H groups in total. The molecule has 2 rings (SSSR count). The molecule has 4 atom stereocenters. The van der Waals surface area contributed by atoms with E-state index in [9.17, 15) is 34.2 Å². The third-order valence-corrected chi connectivity index (χ3v) is 6.55. The van der Waals surface area contributed by atoms with Crippen LogP contribution in [0.15, 0.2) is 35.5 Å². The van der Waals surface area contributed by atoms with Crippen molar-refractivity contribution in [3.63, 3.8) is 0 Å². The van der Waals surface area contributed by atoms with Crippen molar-refractivity contribution in [3.8, 4) is 0 Å². The van der Waals surface area contributed by atoms with Crippen molar-refractivity contribution < 1.29 is 34.2 Å². The number of carboxylic acids is 2. The van der Waals surface area contributed by atoms with Crippen LogP contribution in [0, 0.1) is 5.92 Å². The SMILES string of the molecule is CC(C)C(NC(=O)C(Cc1c[nH]c2ccccc12)NC(=O)C(CCC(=O)O)NC(=O)C(N)CCCN=C(N)N)C(=O)O. The van der Waals surface area contributed by atoms with E-state index >= 15 is 0 Å². The number of aromatic nitrogens is 1. The van der Waals surface area contributed by atoms with Crippen LogP contribution < -0.4 is 33.2 Å². The van der Waals surface area contributed by atoms with Crippen molar-refractivity contribution in [2.75, 3.05) is 6.54 Å². The highest BCUT2D eigenvalue weighted by molar-refractivity contribution is 5.95. The van der Waals surface area contributed by atoms with E-state index in [2.05, 4.69) is 25.9 Å². The fraction of sp³-hybridized carbons (Fsp3) is 0.481. The Hall–Kier alpha value is -4.66. The number of nitrogens with zero attached hydrogens (tertiary/aromatic N) is 1. The molecule has 15 heteroatoms. The van der Waals surface area contributed by atoms with E-state index in [0.717, 1.165) is 10.9 Å². The molecule has 1 heterocycles. The number of rotatable bonds is 17. The Bertz CT molecular complexity index is 1290. The molecule has 230 valence electrons. The molecule has 0 aliphatic heterocycles. The molecule has 0 saturated heterocycles. The highest BCUT2D eigenvalue weighted by atomic mass is 16.4. The summed E-state index contributed by atoms with van der Waals surface area (Å²) in [7, 11) is 0. The summed E-state index contributed by atoms with van der Waals surface area (Å²) in [5.74, 6) is -5.27. The molecule has 1 aromatic heterocycles. The van der Waals surface area contributed by atoms with Gasteiger partial charge in [0.1, 0.15) is 18.1 Å². The van der Waals surface area contributed by atoms with Crippen LogP contribution in [0.1, 0.15) is 45.1 Å². The number of hydrogen-bond donors (Lipinski definition) is 9. The maximum absolute atomic E-state index is 13.4. The van der Waals surface area contributed by atoms with Gasteiger partial charge in [0.05, 0.1) is 6.04 Å². The average Bonchev–Trinajstić information content (AvgIpc) is 3.33. The number of carbonyl (C=O) groups is 5. The Morgan fingerprint density at radius 1 is 0.929 bits per heavy atom. The largest absolute Gasteiger partial charge is 0.481 e. The molecule has 0 saturated carbocycles. The average molecular weight is 589 g/mol. The summed E-state index contributed by atoms with van der Waals surface area (Å²) in [6.45, 7) is 3.50. The number of carboxylic acid groups (broad SMARTS) is 2. The predicted molar refractivity (Wildman–Crippen MR) is 155 cm³/mol. The van der Waals surface area contributed by atoms with Gasteiger partial charge in [-0.05, 0) is 36.8 Å². The first-order valence-corrected chi connectivity index (χ1v) is 13.5. The van der Waals surface area contributed by atoms with E-state index in [1.807, 2.05) is 24.3 Å². The lowest BCUT2D eigenvalue weighted by atomic mass is 10.0. The number of guanidine groups is 1. The molecule has 0 bridgehead atoms. The fourth-order valence-electron chi connectivity index (χ4n) is 4.24. The van der Waals surface area contributed by atoms with Crippen LogP contribution in [0.3, 0.4) is 0 Å². The first-order valence-electron chi connectivity index (χ1n) is 13.5. The first kappa shape index (κ1) is 33.5. The maximum atomic E-state index is 13.4. The number of H-pyrrole nitrogens is 1. The Balaban J connectivity index is 2.27. The molecule has 42 heavy (non-hydrogen) atoms. The zero-order valence-corrected chi connectivity index (χ0v) is 23.6. The number of hydrogen-bond acceptors (Lipinski definition) is 7. The first-order chi connectivity index (χ1) is 19.8. The van der Waals surface area contributed by atoms with E-state index in [1.54, 1.807) is 20.0 Å². The summed E-state index contributed by atoms with van der Waals surface area (Å²) in [5.41, 5.74) is 18.0. The van der Waals surface area contributed by atoms with Gasteiger partial charge in [-0.3, -0.25) is 24.2 Å². The van der Waals surface area contributed by atoms with Crippen molar-refractivity contribution in [2.24, 2.45) is 28.1 Å². The third kappa shape index (κ3) is 10.4. The van der Waals surface area contributed by atoms with Gasteiger partial charge >= 0.3 is 11.9 Å². The number of nitrogens with two attached hydrogens (primary N) is 3. The van der Waals surface area contributed by atoms with Crippen LogP contribution in [-0.2, 0) is 30.4 Å². The van der Waals surface area contributed by atoms with E-state index in [0.29, 0.717) is 12.0 Å². The van der Waals surface area contributed by atoms with Crippen molar-refractivity contribution in [1.29, 1.82) is 0 Å². The monoisotopic (exact) mass is 588 g/mol. The van der Waals surface area contributed by atoms with Gasteiger partial charge in [-0.25, -0.2) is 4.79 Å². The van der Waals surface area contributed by atoms with Gasteiger partial charge in [0.15, 0.2) is 5.96 Å². The van der Waals surface area contributed by atoms with Crippen LogP contribution >= 0.6 is 0 Å². The Kier molecular flexibility index (Phi) is 12.7. The molecule has 4 unspecified atom stereocenters. The molecule has 0 aliphatic rings. The smallest absolute Gasteiger partial charge is 0.326 e. The summed E-state index contributed by atoms with van der Waals surface area (Å²) in [5, 5.41) is 27.1. The molecule has 2 aromatic rings. The Morgan fingerprint density at radius 3 is 2.19 bits per heavy atom. The lowest BCUT2D eigenvalue weighted by molar-refractivity contribution is -0.143. The highest BCUT2D eigenvalue weighted by Gasteiger charge is 2.32. The molecular formula is C27H40N8O7. The molecule has 0 spiro atoms. The summed E-state index contributed by atoms with van der Waals surface area (Å²) in [6.07, 6.45) is 1.50. The molecule has 0 aliphatic carbocycles.